The molecule has 4 rings (SSSR count). The molecule has 1 aliphatic heterocycles. The number of hydrogen-bond donors (Lipinski definition) is 3. The summed E-state index contributed by atoms with van der Waals surface area (Å²) < 4.78 is 27.0. The van der Waals surface area contributed by atoms with Crippen molar-refractivity contribution in [1.29, 1.82) is 5.41 Å². The number of nitrogens with zero attached hydrogens (tertiary/aromatic N) is 2. The number of carbonyl (C=O) groups excluding carboxylic acids is 1. The van der Waals surface area contributed by atoms with Crippen molar-refractivity contribution in [3.8, 4) is 16.9 Å². The number of anilines is 1. The van der Waals surface area contributed by atoms with E-state index in [1.807, 2.05) is 55.3 Å². The molecule has 0 spiro atoms. The van der Waals surface area contributed by atoms with Gasteiger partial charge in [-0.25, -0.2) is 4.39 Å². The third-order valence-corrected chi connectivity index (χ3v) is 6.65. The van der Waals surface area contributed by atoms with E-state index in [1.165, 1.54) is 18.2 Å². The summed E-state index contributed by atoms with van der Waals surface area (Å²) >= 11 is 0. The zero-order chi connectivity index (χ0) is 31.5. The lowest BCUT2D eigenvalue weighted by molar-refractivity contribution is -0.113. The maximum absolute atomic E-state index is 15.3. The second-order valence-electron chi connectivity index (χ2n) is 9.75. The molecule has 226 valence electrons. The van der Waals surface area contributed by atoms with Gasteiger partial charge in [-0.15, -0.1) is 0 Å². The van der Waals surface area contributed by atoms with Crippen LogP contribution in [0.25, 0.3) is 16.9 Å². The predicted molar refractivity (Wildman–Crippen MR) is 173 cm³/mol. The number of H-pyrrole nitrogens is 1. The van der Waals surface area contributed by atoms with Crippen molar-refractivity contribution in [3.05, 3.63) is 132 Å². The molecule has 3 N–H and O–H groups in total. The van der Waals surface area contributed by atoms with Gasteiger partial charge in [0.05, 0.1) is 18.0 Å². The summed E-state index contributed by atoms with van der Waals surface area (Å²) in [6, 6.07) is 9.70. The van der Waals surface area contributed by atoms with Gasteiger partial charge in [-0.2, -0.15) is 0 Å². The molecule has 0 saturated heterocycles. The first-order valence-corrected chi connectivity index (χ1v) is 14.3. The third kappa shape index (κ3) is 7.69. The Morgan fingerprint density at radius 2 is 2.00 bits per heavy atom. The second-order valence-corrected chi connectivity index (χ2v) is 9.75. The minimum atomic E-state index is -0.695. The smallest absolute Gasteiger partial charge is 0.261 e. The summed E-state index contributed by atoms with van der Waals surface area (Å²) in [5.41, 5.74) is 4.37. The summed E-state index contributed by atoms with van der Waals surface area (Å²) in [7, 11) is 0. The summed E-state index contributed by atoms with van der Waals surface area (Å²) in [5, 5.41) is 10.4. The van der Waals surface area contributed by atoms with Gasteiger partial charge in [0, 0.05) is 60.9 Å². The Labute approximate surface area is 257 Å². The first-order chi connectivity index (χ1) is 21.4. The lowest BCUT2D eigenvalue weighted by atomic mass is 10.1. The van der Waals surface area contributed by atoms with Gasteiger partial charge in [0.2, 0.25) is 0 Å². The molecule has 0 saturated carbocycles. The number of pyridine rings is 1. The van der Waals surface area contributed by atoms with Gasteiger partial charge in [0.15, 0.2) is 17.3 Å². The Morgan fingerprint density at radius 1 is 1.20 bits per heavy atom. The largest absolute Gasteiger partial charge is 0.493 e. The Balaban J connectivity index is 1.52. The fourth-order valence-corrected chi connectivity index (χ4v) is 4.61. The Hall–Kier alpha value is -5.44. The summed E-state index contributed by atoms with van der Waals surface area (Å²) in [4.78, 5) is 22.5. The van der Waals surface area contributed by atoms with Crippen LogP contribution in [-0.2, 0) is 9.53 Å². The van der Waals surface area contributed by atoms with Crippen LogP contribution in [0.5, 0.6) is 5.75 Å². The highest BCUT2D eigenvalue weighted by Crippen LogP contribution is 2.32. The van der Waals surface area contributed by atoms with E-state index in [4.69, 9.17) is 14.9 Å². The first kappa shape index (κ1) is 31.5. The minimum Gasteiger partial charge on any atom is -0.493 e. The minimum absolute atomic E-state index is 0.0732. The lowest BCUT2D eigenvalue weighted by Crippen LogP contribution is -2.28. The van der Waals surface area contributed by atoms with Gasteiger partial charge in [0.1, 0.15) is 11.3 Å². The molecular weight excluding hydrogens is 557 g/mol. The second kappa shape index (κ2) is 15.2. The SMILES string of the molecule is C=C1C(C(=O)Nc2ccc(O/C(=C/C=N)c3[nH]ccc3-c3ccncc3)c(F)c2)=C(OCC)C=CN1C/C=C\C(C)=C/CC. The topological polar surface area (TPSA) is 103 Å². The van der Waals surface area contributed by atoms with Crippen molar-refractivity contribution < 1.29 is 18.7 Å². The molecule has 1 aromatic carbocycles. The van der Waals surface area contributed by atoms with E-state index in [-0.39, 0.29) is 22.8 Å². The molecule has 0 atom stereocenters. The molecule has 0 aliphatic carbocycles. The molecule has 0 fully saturated rings. The van der Waals surface area contributed by atoms with Crippen molar-refractivity contribution in [2.45, 2.75) is 27.2 Å². The first-order valence-electron chi connectivity index (χ1n) is 14.3. The molecule has 1 amide bonds. The van der Waals surface area contributed by atoms with Crippen LogP contribution in [0.15, 0.2) is 121 Å². The highest BCUT2D eigenvalue weighted by atomic mass is 19.1. The molecular formula is C35H36FN5O3. The van der Waals surface area contributed by atoms with E-state index in [1.54, 1.807) is 30.7 Å². The van der Waals surface area contributed by atoms with Gasteiger partial charge in [-0.1, -0.05) is 37.3 Å². The van der Waals surface area contributed by atoms with Gasteiger partial charge >= 0.3 is 0 Å². The number of aromatic amines is 1. The number of carbonyl (C=O) groups is 1. The van der Waals surface area contributed by atoms with Gasteiger partial charge < -0.3 is 30.1 Å². The average Bonchev–Trinajstić information content (AvgIpc) is 3.50. The molecule has 8 nitrogen and oxygen atoms in total. The Morgan fingerprint density at radius 3 is 2.70 bits per heavy atom. The van der Waals surface area contributed by atoms with Gasteiger partial charge in [-0.05, 0) is 62.2 Å². The molecule has 0 unspecified atom stereocenters. The number of aromatic nitrogens is 2. The fraction of sp³-hybridized carbons (Fsp3) is 0.171. The predicted octanol–water partition coefficient (Wildman–Crippen LogP) is 7.77. The van der Waals surface area contributed by atoms with Crippen LogP contribution in [0.1, 0.15) is 32.9 Å². The highest BCUT2D eigenvalue weighted by Gasteiger charge is 2.25. The van der Waals surface area contributed by atoms with Crippen molar-refractivity contribution >= 4 is 23.6 Å². The zero-order valence-corrected chi connectivity index (χ0v) is 25.1. The van der Waals surface area contributed by atoms with Crippen LogP contribution in [-0.4, -0.2) is 40.1 Å². The quantitative estimate of drug-likeness (QED) is 0.107. The Kier molecular flexibility index (Phi) is 10.8. The number of allylic oxidation sites excluding steroid dienone is 5. The molecule has 3 aromatic rings. The van der Waals surface area contributed by atoms with Crippen LogP contribution < -0.4 is 10.1 Å². The molecule has 44 heavy (non-hydrogen) atoms. The summed E-state index contributed by atoms with van der Waals surface area (Å²) in [6.45, 7) is 11.0. The number of ether oxygens (including phenoxy) is 2. The molecule has 1 aliphatic rings. The van der Waals surface area contributed by atoms with E-state index in [2.05, 4.69) is 34.9 Å². The fourth-order valence-electron chi connectivity index (χ4n) is 4.61. The lowest BCUT2D eigenvalue weighted by Gasteiger charge is -2.28. The van der Waals surface area contributed by atoms with E-state index < -0.39 is 11.7 Å². The van der Waals surface area contributed by atoms with E-state index in [9.17, 15) is 4.79 Å². The van der Waals surface area contributed by atoms with Crippen LogP contribution >= 0.6 is 0 Å². The highest BCUT2D eigenvalue weighted by molar-refractivity contribution is 6.07. The molecule has 2 aromatic heterocycles. The number of hydrogen-bond acceptors (Lipinski definition) is 6. The van der Waals surface area contributed by atoms with Crippen molar-refractivity contribution in [2.75, 3.05) is 18.5 Å². The Bertz CT molecular complexity index is 1660. The molecule has 0 bridgehead atoms. The maximum atomic E-state index is 15.3. The van der Waals surface area contributed by atoms with Crippen LogP contribution in [0, 0.1) is 11.2 Å². The van der Waals surface area contributed by atoms with Crippen LogP contribution in [0.3, 0.4) is 0 Å². The monoisotopic (exact) mass is 593 g/mol. The van der Waals surface area contributed by atoms with Crippen molar-refractivity contribution in [1.82, 2.24) is 14.9 Å². The normalized spacial score (nSPS) is 13.9. The maximum Gasteiger partial charge on any atom is 0.261 e. The number of halogens is 1. The number of rotatable bonds is 13. The van der Waals surface area contributed by atoms with Crippen molar-refractivity contribution in [2.24, 2.45) is 0 Å². The van der Waals surface area contributed by atoms with E-state index in [0.29, 0.717) is 30.3 Å². The van der Waals surface area contributed by atoms with Crippen LogP contribution in [0.2, 0.25) is 0 Å². The van der Waals surface area contributed by atoms with E-state index in [0.717, 1.165) is 29.3 Å². The third-order valence-electron chi connectivity index (χ3n) is 6.65. The average molecular weight is 594 g/mol. The summed E-state index contributed by atoms with van der Waals surface area (Å²) in [5.74, 6) is -0.617. The zero-order valence-electron chi connectivity index (χ0n) is 25.1. The van der Waals surface area contributed by atoms with Gasteiger partial charge in [0.25, 0.3) is 5.91 Å². The van der Waals surface area contributed by atoms with E-state index >= 15 is 4.39 Å². The number of amides is 1. The standard InChI is InChI=1S/C35H36FN5O3/c1-5-8-24(3)9-7-21-41-22-16-31(43-6-2)33(25(41)4)35(42)40-27-10-11-30(29(36)23-27)44-32(12-17-37)34-28(15-20-39-34)26-13-18-38-19-14-26/h7-20,22-23,37,39H,4-6,21H2,1-3H3,(H,40,42)/b9-7-,24-8-,32-12+,37-17?. The van der Waals surface area contributed by atoms with Crippen molar-refractivity contribution in [3.63, 3.8) is 0 Å². The summed E-state index contributed by atoms with van der Waals surface area (Å²) in [6.07, 6.45) is 18.2. The number of nitrogens with one attached hydrogen (secondary N) is 3. The van der Waals surface area contributed by atoms with Gasteiger partial charge in [-0.3, -0.25) is 9.78 Å². The number of benzene rings is 1. The molecule has 0 radical (unpaired) electrons. The molecule has 3 heterocycles. The van der Waals surface area contributed by atoms with Crippen LogP contribution in [0.4, 0.5) is 10.1 Å². The molecule has 9 heteroatoms.